The molecule has 0 fully saturated rings. The van der Waals surface area contributed by atoms with Crippen molar-refractivity contribution in [3.63, 3.8) is 0 Å². The summed E-state index contributed by atoms with van der Waals surface area (Å²) in [6.07, 6.45) is 19.9. The van der Waals surface area contributed by atoms with Crippen molar-refractivity contribution in [3.05, 3.63) is 48.6 Å². The molecule has 0 radical (unpaired) electrons. The van der Waals surface area contributed by atoms with Crippen molar-refractivity contribution in [1.82, 2.24) is 0 Å². The number of allylic oxidation sites excluding steroid dienone is 8. The Balaban J connectivity index is -0.000000410. The minimum atomic E-state index is -0.106. The Bertz CT molecular complexity index is 386. The molecule has 0 aliphatic rings. The van der Waals surface area contributed by atoms with E-state index in [1.54, 1.807) is 0 Å². The van der Waals surface area contributed by atoms with E-state index in [9.17, 15) is 0 Å². The third-order valence-corrected chi connectivity index (χ3v) is 10.7. The first-order valence-electron chi connectivity index (χ1n) is 10.5. The third-order valence-electron chi connectivity index (χ3n) is 4.16. The summed E-state index contributed by atoms with van der Waals surface area (Å²) in [5.74, 6) is 0. The molecule has 0 amide bonds. The van der Waals surface area contributed by atoms with Gasteiger partial charge in [-0.05, 0) is 48.8 Å². The summed E-state index contributed by atoms with van der Waals surface area (Å²) in [5.41, 5.74) is 3.41. The van der Waals surface area contributed by atoms with E-state index in [-0.39, 0.29) is 31.8 Å². The quantitative estimate of drug-likeness (QED) is 0.139. The van der Waals surface area contributed by atoms with Crippen molar-refractivity contribution in [2.75, 3.05) is 12.3 Å². The van der Waals surface area contributed by atoms with Gasteiger partial charge in [0.25, 0.3) is 0 Å². The molecule has 0 N–H and O–H groups in total. The third kappa shape index (κ3) is 25.2. The molecule has 0 atom stereocenters. The molecule has 0 saturated carbocycles. The maximum absolute atomic E-state index is 4.81. The van der Waals surface area contributed by atoms with Gasteiger partial charge in [0.15, 0.2) is 0 Å². The van der Waals surface area contributed by atoms with Gasteiger partial charge in [-0.25, -0.2) is 0 Å². The molecule has 0 bridgehead atoms. The summed E-state index contributed by atoms with van der Waals surface area (Å²) >= 11 is -0.106. The van der Waals surface area contributed by atoms with Gasteiger partial charge >= 0.3 is 35.0 Å². The Morgan fingerprint density at radius 1 is 0.586 bits per heavy atom. The molecule has 0 heterocycles. The van der Waals surface area contributed by atoms with E-state index >= 15 is 0 Å². The summed E-state index contributed by atoms with van der Waals surface area (Å²) in [6, 6.07) is 0. The van der Waals surface area contributed by atoms with Crippen LogP contribution in [0.15, 0.2) is 48.6 Å². The van der Waals surface area contributed by atoms with E-state index in [1.165, 1.54) is 12.3 Å². The molecular formula is C24H46Cl2P2Pd. The zero-order valence-electron chi connectivity index (χ0n) is 20.3. The van der Waals surface area contributed by atoms with Crippen LogP contribution >= 0.6 is 34.9 Å². The van der Waals surface area contributed by atoms with Crippen LogP contribution in [0.4, 0.5) is 0 Å². The molecule has 0 rings (SSSR count). The number of hydrogen-bond donors (Lipinski definition) is 0. The fourth-order valence-corrected chi connectivity index (χ4v) is 7.58. The van der Waals surface area contributed by atoms with Crippen LogP contribution in [-0.4, -0.2) is 35.0 Å². The van der Waals surface area contributed by atoms with Gasteiger partial charge < -0.3 is 0 Å². The summed E-state index contributed by atoms with van der Waals surface area (Å²) in [5, 5.41) is 0. The van der Waals surface area contributed by atoms with Gasteiger partial charge in [-0.15, -0.1) is 0 Å². The van der Waals surface area contributed by atoms with Crippen molar-refractivity contribution in [2.24, 2.45) is 0 Å². The number of hydrogen-bond acceptors (Lipinski definition) is 0. The van der Waals surface area contributed by atoms with Crippen molar-refractivity contribution in [1.29, 1.82) is 0 Å². The SMILES string of the molecule is CC=CC=CCP(C(C)C)C(C)C.CC=CC=CCP(C(C)C)C(C)C.[Cl][Pd][Cl]. The van der Waals surface area contributed by atoms with Crippen LogP contribution < -0.4 is 0 Å². The van der Waals surface area contributed by atoms with E-state index in [1.807, 2.05) is 0 Å². The minimum absolute atomic E-state index is 0.106. The summed E-state index contributed by atoms with van der Waals surface area (Å²) in [7, 11) is 10.00. The first-order chi connectivity index (χ1) is 13.6. The van der Waals surface area contributed by atoms with Crippen LogP contribution in [0.2, 0.25) is 0 Å². The first-order valence-corrected chi connectivity index (χ1v) is 17.8. The standard InChI is InChI=1S/2C12H23P.2ClH.Pd/c2*1-6-7-8-9-10-13(11(2)3)12(4)5;;;/h2*6-9,11-12H,10H2,1-5H3;2*1H;/q;;;;+2/p-2. The predicted molar refractivity (Wildman–Crippen MR) is 144 cm³/mol. The number of rotatable bonds is 10. The molecule has 0 aliphatic heterocycles. The van der Waals surface area contributed by atoms with Crippen molar-refractivity contribution in [3.8, 4) is 0 Å². The van der Waals surface area contributed by atoms with Gasteiger partial charge in [0, 0.05) is 0 Å². The zero-order chi connectivity index (χ0) is 23.2. The Kier molecular flexibility index (Phi) is 30.3. The van der Waals surface area contributed by atoms with Crippen LogP contribution in [0.5, 0.6) is 0 Å². The van der Waals surface area contributed by atoms with Crippen LogP contribution in [0.1, 0.15) is 69.2 Å². The van der Waals surface area contributed by atoms with E-state index in [4.69, 9.17) is 19.1 Å². The summed E-state index contributed by atoms with van der Waals surface area (Å²) in [6.45, 7) is 22.8. The molecule has 29 heavy (non-hydrogen) atoms. The van der Waals surface area contributed by atoms with Crippen molar-refractivity contribution >= 4 is 34.9 Å². The zero-order valence-corrected chi connectivity index (χ0v) is 25.2. The van der Waals surface area contributed by atoms with Crippen LogP contribution in [0.25, 0.3) is 0 Å². The second-order valence-electron chi connectivity index (χ2n) is 7.72. The Morgan fingerprint density at radius 3 is 1.00 bits per heavy atom. The molecule has 0 unspecified atom stereocenters. The molecule has 0 aliphatic carbocycles. The topological polar surface area (TPSA) is 0 Å². The van der Waals surface area contributed by atoms with Gasteiger partial charge in [-0.1, -0.05) is 120 Å². The molecule has 176 valence electrons. The Hall–Kier alpha value is 1.06. The van der Waals surface area contributed by atoms with Crippen LogP contribution in [0.3, 0.4) is 0 Å². The second kappa shape index (κ2) is 25.3. The van der Waals surface area contributed by atoms with E-state index in [2.05, 4.69) is 118 Å². The summed E-state index contributed by atoms with van der Waals surface area (Å²) < 4.78 is 0. The fraction of sp³-hybridized carbons (Fsp3) is 0.667. The van der Waals surface area contributed by atoms with Gasteiger partial charge in [-0.3, -0.25) is 0 Å². The normalized spacial score (nSPS) is 12.6. The molecule has 0 aromatic carbocycles. The summed E-state index contributed by atoms with van der Waals surface area (Å²) in [4.78, 5) is 0. The Morgan fingerprint density at radius 2 is 0.828 bits per heavy atom. The molecule has 0 nitrogen and oxygen atoms in total. The van der Waals surface area contributed by atoms with Crippen molar-refractivity contribution < 1.29 is 15.9 Å². The average Bonchev–Trinajstić information content (AvgIpc) is 2.61. The molecule has 0 aromatic heterocycles. The van der Waals surface area contributed by atoms with Gasteiger partial charge in [0.2, 0.25) is 0 Å². The molecule has 5 heteroatoms. The van der Waals surface area contributed by atoms with E-state index in [0.717, 1.165) is 22.6 Å². The number of halogens is 2. The monoisotopic (exact) mass is 572 g/mol. The van der Waals surface area contributed by atoms with Crippen LogP contribution in [-0.2, 0) is 15.9 Å². The van der Waals surface area contributed by atoms with Gasteiger partial charge in [0.05, 0.1) is 0 Å². The van der Waals surface area contributed by atoms with Crippen molar-refractivity contribution in [2.45, 2.75) is 91.9 Å². The molecule has 0 aromatic rings. The van der Waals surface area contributed by atoms with Gasteiger partial charge in [0.1, 0.15) is 0 Å². The maximum atomic E-state index is 4.81. The molecule has 0 spiro atoms. The average molecular weight is 574 g/mol. The molecule has 0 saturated heterocycles. The van der Waals surface area contributed by atoms with E-state index in [0.29, 0.717) is 0 Å². The van der Waals surface area contributed by atoms with Gasteiger partial charge in [-0.2, -0.15) is 0 Å². The predicted octanol–water partition coefficient (Wildman–Crippen LogP) is 10.2. The van der Waals surface area contributed by atoms with E-state index < -0.39 is 0 Å². The fourth-order valence-electron chi connectivity index (χ4n) is 2.78. The van der Waals surface area contributed by atoms with Crippen LogP contribution in [0, 0.1) is 0 Å². The Labute approximate surface area is 202 Å². The second-order valence-corrected chi connectivity index (χ2v) is 17.0. The first kappa shape index (κ1) is 34.7. The molecular weight excluding hydrogens is 528 g/mol.